The van der Waals surface area contributed by atoms with Crippen molar-refractivity contribution < 1.29 is 0 Å². The number of rotatable bonds is 5. The van der Waals surface area contributed by atoms with Crippen LogP contribution in [0.1, 0.15) is 25.0 Å². The Morgan fingerprint density at radius 2 is 1.08 bits per heavy atom. The standard InChI is InChI=1S/C46H36N4O/c1-46(2)37-17-11-16-35(30-12-7-5-8-13-30)43(37)36-24-22-34(26-38(36)46)40-28-39(47-44(48-40)32-14-9-6-10-15-32)31-20-18-29(19-21-31)33-23-25-41-42(27-33)50(4)45(51)49(41)3/h5-28H,1-4H3. The maximum atomic E-state index is 12.5. The molecule has 246 valence electrons. The molecule has 0 bridgehead atoms. The van der Waals surface area contributed by atoms with Crippen LogP contribution in [0.3, 0.4) is 0 Å². The van der Waals surface area contributed by atoms with E-state index in [1.165, 1.54) is 33.4 Å². The molecule has 0 atom stereocenters. The number of aryl methyl sites for hydroxylation is 2. The first-order valence-corrected chi connectivity index (χ1v) is 17.3. The van der Waals surface area contributed by atoms with Gasteiger partial charge < -0.3 is 0 Å². The van der Waals surface area contributed by atoms with Crippen molar-refractivity contribution in [3.8, 4) is 67.3 Å². The van der Waals surface area contributed by atoms with Crippen LogP contribution in [0, 0.1) is 0 Å². The first kappa shape index (κ1) is 30.7. The Hall–Kier alpha value is -6.33. The second-order valence-corrected chi connectivity index (χ2v) is 14.0. The Bertz CT molecular complexity index is 2680. The molecule has 9 rings (SSSR count). The molecule has 5 heteroatoms. The van der Waals surface area contributed by atoms with Crippen LogP contribution in [0.25, 0.3) is 78.3 Å². The van der Waals surface area contributed by atoms with E-state index in [-0.39, 0.29) is 11.1 Å². The fourth-order valence-corrected chi connectivity index (χ4v) is 7.78. The van der Waals surface area contributed by atoms with Crippen molar-refractivity contribution in [2.75, 3.05) is 0 Å². The molecule has 8 aromatic rings. The smallest absolute Gasteiger partial charge is 0.295 e. The quantitative estimate of drug-likeness (QED) is 0.185. The average Bonchev–Trinajstić information content (AvgIpc) is 3.55. The molecule has 0 saturated carbocycles. The fourth-order valence-electron chi connectivity index (χ4n) is 7.78. The molecule has 5 nitrogen and oxygen atoms in total. The molecule has 0 unspecified atom stereocenters. The van der Waals surface area contributed by atoms with Gasteiger partial charge in [-0.1, -0.05) is 135 Å². The topological polar surface area (TPSA) is 52.7 Å². The Balaban J connectivity index is 1.14. The minimum Gasteiger partial charge on any atom is -0.295 e. The van der Waals surface area contributed by atoms with Gasteiger partial charge in [0.05, 0.1) is 22.4 Å². The third kappa shape index (κ3) is 4.96. The van der Waals surface area contributed by atoms with E-state index in [4.69, 9.17) is 9.97 Å². The lowest BCUT2D eigenvalue weighted by Crippen LogP contribution is -2.19. The van der Waals surface area contributed by atoms with Crippen LogP contribution in [0.2, 0.25) is 0 Å². The van der Waals surface area contributed by atoms with Crippen molar-refractivity contribution >= 4 is 11.0 Å². The number of hydrogen-bond donors (Lipinski definition) is 0. The molecular formula is C46H36N4O. The molecule has 2 heterocycles. The van der Waals surface area contributed by atoms with E-state index < -0.39 is 0 Å². The molecule has 0 aliphatic heterocycles. The highest BCUT2D eigenvalue weighted by molar-refractivity contribution is 5.93. The van der Waals surface area contributed by atoms with Crippen LogP contribution in [0.4, 0.5) is 0 Å². The Labute approximate surface area is 297 Å². The second kappa shape index (κ2) is 11.6. The van der Waals surface area contributed by atoms with Crippen molar-refractivity contribution in [1.29, 1.82) is 0 Å². The average molecular weight is 661 g/mol. The number of imidazole rings is 1. The molecule has 6 aromatic carbocycles. The summed E-state index contributed by atoms with van der Waals surface area (Å²) in [6, 6.07) is 51.2. The highest BCUT2D eigenvalue weighted by Gasteiger charge is 2.37. The Morgan fingerprint density at radius 3 is 1.80 bits per heavy atom. The zero-order chi connectivity index (χ0) is 34.9. The fraction of sp³-hybridized carbons (Fsp3) is 0.109. The third-order valence-electron chi connectivity index (χ3n) is 10.6. The SMILES string of the molecule is Cn1c(=O)n(C)c2cc(-c3ccc(-c4cc(-c5ccc6c(c5)C(C)(C)c5cccc(-c7ccccc7)c5-6)nc(-c5ccccc5)n4)cc3)ccc21. The van der Waals surface area contributed by atoms with Gasteiger partial charge in [-0.05, 0) is 68.8 Å². The summed E-state index contributed by atoms with van der Waals surface area (Å²) in [6.07, 6.45) is 0. The van der Waals surface area contributed by atoms with Crippen LogP contribution in [0.15, 0.2) is 150 Å². The predicted molar refractivity (Wildman–Crippen MR) is 208 cm³/mol. The molecule has 51 heavy (non-hydrogen) atoms. The van der Waals surface area contributed by atoms with E-state index in [9.17, 15) is 4.79 Å². The monoisotopic (exact) mass is 660 g/mol. The number of fused-ring (bicyclic) bond motifs is 4. The van der Waals surface area contributed by atoms with Crippen molar-refractivity contribution in [3.63, 3.8) is 0 Å². The van der Waals surface area contributed by atoms with E-state index in [1.807, 2.05) is 38.4 Å². The molecule has 0 amide bonds. The summed E-state index contributed by atoms with van der Waals surface area (Å²) in [4.78, 5) is 22.8. The van der Waals surface area contributed by atoms with Gasteiger partial charge in [0.25, 0.3) is 0 Å². The van der Waals surface area contributed by atoms with Gasteiger partial charge in [-0.2, -0.15) is 0 Å². The summed E-state index contributed by atoms with van der Waals surface area (Å²) >= 11 is 0. The first-order chi connectivity index (χ1) is 24.8. The number of nitrogens with zero attached hydrogens (tertiary/aromatic N) is 4. The highest BCUT2D eigenvalue weighted by atomic mass is 16.1. The summed E-state index contributed by atoms with van der Waals surface area (Å²) < 4.78 is 3.38. The first-order valence-electron chi connectivity index (χ1n) is 17.3. The van der Waals surface area contributed by atoms with Gasteiger partial charge in [0, 0.05) is 36.2 Å². The lowest BCUT2D eigenvalue weighted by atomic mass is 9.81. The van der Waals surface area contributed by atoms with Gasteiger partial charge in [-0.3, -0.25) is 9.13 Å². The Kier molecular flexibility index (Phi) is 7.01. The van der Waals surface area contributed by atoms with Crippen molar-refractivity contribution in [3.05, 3.63) is 167 Å². The largest absolute Gasteiger partial charge is 0.328 e. The minimum absolute atomic E-state index is 0.0281. The highest BCUT2D eigenvalue weighted by Crippen LogP contribution is 2.52. The maximum absolute atomic E-state index is 12.5. The van der Waals surface area contributed by atoms with Crippen LogP contribution in [-0.2, 0) is 19.5 Å². The summed E-state index contributed by atoms with van der Waals surface area (Å²) in [7, 11) is 3.63. The van der Waals surface area contributed by atoms with E-state index in [0.717, 1.165) is 50.2 Å². The van der Waals surface area contributed by atoms with Gasteiger partial charge in [0.1, 0.15) is 0 Å². The van der Waals surface area contributed by atoms with Gasteiger partial charge in [0.2, 0.25) is 0 Å². The summed E-state index contributed by atoms with van der Waals surface area (Å²) in [6.45, 7) is 4.65. The maximum Gasteiger partial charge on any atom is 0.328 e. The molecule has 2 aromatic heterocycles. The molecule has 0 saturated heterocycles. The third-order valence-corrected chi connectivity index (χ3v) is 10.6. The Morgan fingerprint density at radius 1 is 0.471 bits per heavy atom. The van der Waals surface area contributed by atoms with Crippen molar-refractivity contribution in [1.82, 2.24) is 19.1 Å². The van der Waals surface area contributed by atoms with Gasteiger partial charge in [-0.25, -0.2) is 14.8 Å². The lowest BCUT2D eigenvalue weighted by Gasteiger charge is -2.22. The van der Waals surface area contributed by atoms with Gasteiger partial charge >= 0.3 is 5.69 Å². The van der Waals surface area contributed by atoms with Crippen molar-refractivity contribution in [2.45, 2.75) is 19.3 Å². The minimum atomic E-state index is -0.172. The summed E-state index contributed by atoms with van der Waals surface area (Å²) in [5.41, 5.74) is 16.3. The van der Waals surface area contributed by atoms with Crippen LogP contribution in [0.5, 0.6) is 0 Å². The molecule has 0 radical (unpaired) electrons. The second-order valence-electron chi connectivity index (χ2n) is 14.0. The van der Waals surface area contributed by atoms with Crippen molar-refractivity contribution in [2.24, 2.45) is 14.1 Å². The molecule has 1 aliphatic rings. The molecule has 0 fully saturated rings. The van der Waals surface area contributed by atoms with Crippen LogP contribution in [-0.4, -0.2) is 19.1 Å². The van der Waals surface area contributed by atoms with Gasteiger partial charge in [0.15, 0.2) is 5.82 Å². The van der Waals surface area contributed by atoms with E-state index in [0.29, 0.717) is 5.82 Å². The van der Waals surface area contributed by atoms with Gasteiger partial charge in [-0.15, -0.1) is 0 Å². The number of hydrogen-bond acceptors (Lipinski definition) is 3. The van der Waals surface area contributed by atoms with E-state index in [1.54, 1.807) is 9.13 Å². The molecule has 1 aliphatic carbocycles. The normalized spacial score (nSPS) is 12.9. The summed E-state index contributed by atoms with van der Waals surface area (Å²) in [5, 5.41) is 0. The number of benzene rings is 6. The zero-order valence-electron chi connectivity index (χ0n) is 29.1. The molecule has 0 N–H and O–H groups in total. The zero-order valence-corrected chi connectivity index (χ0v) is 29.1. The van der Waals surface area contributed by atoms with E-state index in [2.05, 4.69) is 135 Å². The lowest BCUT2D eigenvalue weighted by molar-refractivity contribution is 0.660. The van der Waals surface area contributed by atoms with E-state index >= 15 is 0 Å². The van der Waals surface area contributed by atoms with Crippen LogP contribution >= 0.6 is 0 Å². The predicted octanol–water partition coefficient (Wildman–Crippen LogP) is 10.3. The summed E-state index contributed by atoms with van der Waals surface area (Å²) in [5.74, 6) is 0.692. The van der Waals surface area contributed by atoms with Crippen LogP contribution < -0.4 is 5.69 Å². The molecular weight excluding hydrogens is 625 g/mol. The molecule has 0 spiro atoms. The number of aromatic nitrogens is 4.